The number of H-pyrrole nitrogens is 1. The van der Waals surface area contributed by atoms with E-state index in [0.29, 0.717) is 12.4 Å². The molecule has 0 bridgehead atoms. The van der Waals surface area contributed by atoms with Crippen LogP contribution in [0.5, 0.6) is 0 Å². The fourth-order valence-electron chi connectivity index (χ4n) is 1.67. The zero-order chi connectivity index (χ0) is 14.7. The van der Waals surface area contributed by atoms with Crippen molar-refractivity contribution in [2.75, 3.05) is 6.54 Å². The number of aryl methyl sites for hydroxylation is 2. The standard InChI is InChI=1S/C13H16N4O2S/c1-7(13-16-8(2)6-20-13)4-15-11(18)10-5-14-9(3)17-12(10)19/h5-7H,4H2,1-3H3,(H,15,18)(H,14,17,19)/t7-/m1/s1. The van der Waals surface area contributed by atoms with E-state index in [2.05, 4.69) is 20.3 Å². The van der Waals surface area contributed by atoms with Crippen molar-refractivity contribution in [3.05, 3.63) is 44.0 Å². The number of nitrogens with zero attached hydrogens (tertiary/aromatic N) is 2. The third kappa shape index (κ3) is 3.30. The lowest BCUT2D eigenvalue weighted by molar-refractivity contribution is 0.0949. The predicted octanol–water partition coefficient (Wildman–Crippen LogP) is 1.38. The molecule has 1 atom stereocenters. The normalized spacial score (nSPS) is 12.2. The minimum atomic E-state index is -0.423. The molecule has 0 spiro atoms. The number of aromatic nitrogens is 3. The average molecular weight is 292 g/mol. The van der Waals surface area contributed by atoms with Gasteiger partial charge in [0.1, 0.15) is 11.4 Å². The lowest BCUT2D eigenvalue weighted by Crippen LogP contribution is -2.32. The first-order valence-corrected chi connectivity index (χ1v) is 7.11. The van der Waals surface area contributed by atoms with Crippen LogP contribution in [0, 0.1) is 13.8 Å². The lowest BCUT2D eigenvalue weighted by atomic mass is 10.2. The van der Waals surface area contributed by atoms with Crippen LogP contribution in [-0.2, 0) is 0 Å². The smallest absolute Gasteiger partial charge is 0.263 e. The van der Waals surface area contributed by atoms with Crippen molar-refractivity contribution in [1.29, 1.82) is 0 Å². The van der Waals surface area contributed by atoms with Crippen molar-refractivity contribution >= 4 is 17.2 Å². The first-order chi connectivity index (χ1) is 9.47. The van der Waals surface area contributed by atoms with Crippen molar-refractivity contribution in [2.45, 2.75) is 26.7 Å². The largest absolute Gasteiger partial charge is 0.351 e. The number of aromatic amines is 1. The van der Waals surface area contributed by atoms with E-state index in [0.717, 1.165) is 10.7 Å². The Morgan fingerprint density at radius 3 is 2.85 bits per heavy atom. The number of thiazole rings is 1. The Hall–Kier alpha value is -2.02. The van der Waals surface area contributed by atoms with E-state index >= 15 is 0 Å². The van der Waals surface area contributed by atoms with E-state index in [9.17, 15) is 9.59 Å². The zero-order valence-corrected chi connectivity index (χ0v) is 12.4. The lowest BCUT2D eigenvalue weighted by Gasteiger charge is -2.09. The summed E-state index contributed by atoms with van der Waals surface area (Å²) in [6, 6.07) is 0. The summed E-state index contributed by atoms with van der Waals surface area (Å²) in [5.41, 5.74) is 0.577. The van der Waals surface area contributed by atoms with Crippen LogP contribution in [0.4, 0.5) is 0 Å². The second kappa shape index (κ2) is 5.96. The van der Waals surface area contributed by atoms with Crippen molar-refractivity contribution < 1.29 is 4.79 Å². The molecule has 0 saturated carbocycles. The molecule has 7 heteroatoms. The van der Waals surface area contributed by atoms with Gasteiger partial charge in [-0.05, 0) is 13.8 Å². The Labute approximate surface area is 120 Å². The maximum atomic E-state index is 11.9. The summed E-state index contributed by atoms with van der Waals surface area (Å²) in [7, 11) is 0. The summed E-state index contributed by atoms with van der Waals surface area (Å²) in [6.45, 7) is 6.01. The van der Waals surface area contributed by atoms with Crippen molar-refractivity contribution in [2.24, 2.45) is 0 Å². The Balaban J connectivity index is 2.00. The number of rotatable bonds is 4. The molecule has 6 nitrogen and oxygen atoms in total. The maximum Gasteiger partial charge on any atom is 0.263 e. The highest BCUT2D eigenvalue weighted by atomic mass is 32.1. The third-order valence-electron chi connectivity index (χ3n) is 2.80. The van der Waals surface area contributed by atoms with E-state index in [4.69, 9.17) is 0 Å². The number of nitrogens with one attached hydrogen (secondary N) is 2. The summed E-state index contributed by atoms with van der Waals surface area (Å²) >= 11 is 1.57. The summed E-state index contributed by atoms with van der Waals surface area (Å²) in [4.78, 5) is 34.4. The van der Waals surface area contributed by atoms with Gasteiger partial charge in [0, 0.05) is 29.7 Å². The predicted molar refractivity (Wildman–Crippen MR) is 77.2 cm³/mol. The molecule has 2 rings (SSSR count). The first kappa shape index (κ1) is 14.4. The second-order valence-electron chi connectivity index (χ2n) is 4.65. The highest BCUT2D eigenvalue weighted by molar-refractivity contribution is 7.09. The van der Waals surface area contributed by atoms with Crippen LogP contribution >= 0.6 is 11.3 Å². The summed E-state index contributed by atoms with van der Waals surface area (Å²) < 4.78 is 0. The van der Waals surface area contributed by atoms with Gasteiger partial charge in [0.2, 0.25) is 0 Å². The molecule has 0 saturated heterocycles. The van der Waals surface area contributed by atoms with Crippen LogP contribution in [0.25, 0.3) is 0 Å². The summed E-state index contributed by atoms with van der Waals surface area (Å²) in [6.07, 6.45) is 1.29. The van der Waals surface area contributed by atoms with Gasteiger partial charge >= 0.3 is 0 Å². The molecule has 0 fully saturated rings. The number of carbonyl (C=O) groups is 1. The quantitative estimate of drug-likeness (QED) is 0.891. The van der Waals surface area contributed by atoms with Crippen molar-refractivity contribution in [1.82, 2.24) is 20.3 Å². The van der Waals surface area contributed by atoms with E-state index in [1.807, 2.05) is 19.2 Å². The Kier molecular flexibility index (Phi) is 4.29. The third-order valence-corrected chi connectivity index (χ3v) is 3.99. The monoisotopic (exact) mass is 292 g/mol. The summed E-state index contributed by atoms with van der Waals surface area (Å²) in [5.74, 6) is 0.173. The highest BCUT2D eigenvalue weighted by Gasteiger charge is 2.14. The number of hydrogen-bond donors (Lipinski definition) is 2. The molecule has 106 valence electrons. The molecule has 0 radical (unpaired) electrons. The van der Waals surface area contributed by atoms with E-state index in [-0.39, 0.29) is 11.5 Å². The minimum Gasteiger partial charge on any atom is -0.351 e. The van der Waals surface area contributed by atoms with Crippen molar-refractivity contribution in [3.63, 3.8) is 0 Å². The highest BCUT2D eigenvalue weighted by Crippen LogP contribution is 2.18. The molecule has 20 heavy (non-hydrogen) atoms. The molecular formula is C13H16N4O2S. The van der Waals surface area contributed by atoms with Crippen LogP contribution in [-0.4, -0.2) is 27.4 Å². The van der Waals surface area contributed by atoms with Crippen molar-refractivity contribution in [3.8, 4) is 0 Å². The number of carbonyl (C=O) groups excluding carboxylic acids is 1. The van der Waals surface area contributed by atoms with Gasteiger partial charge in [-0.15, -0.1) is 11.3 Å². The maximum absolute atomic E-state index is 11.9. The molecule has 1 amide bonds. The second-order valence-corrected chi connectivity index (χ2v) is 5.54. The van der Waals surface area contributed by atoms with E-state index in [1.165, 1.54) is 6.20 Å². The molecule has 2 heterocycles. The average Bonchev–Trinajstić information content (AvgIpc) is 2.82. The van der Waals surface area contributed by atoms with Gasteiger partial charge in [-0.1, -0.05) is 6.92 Å². The van der Waals surface area contributed by atoms with Gasteiger partial charge in [-0.3, -0.25) is 9.59 Å². The topological polar surface area (TPSA) is 87.7 Å². The van der Waals surface area contributed by atoms with Gasteiger partial charge in [0.15, 0.2) is 0 Å². The van der Waals surface area contributed by atoms with Gasteiger partial charge < -0.3 is 10.3 Å². The van der Waals surface area contributed by atoms with Gasteiger partial charge in [0.25, 0.3) is 11.5 Å². The van der Waals surface area contributed by atoms with Gasteiger partial charge in [-0.2, -0.15) is 0 Å². The molecule has 0 aliphatic carbocycles. The Morgan fingerprint density at radius 2 is 2.25 bits per heavy atom. The fourth-order valence-corrected chi connectivity index (χ4v) is 2.53. The summed E-state index contributed by atoms with van der Waals surface area (Å²) in [5, 5.41) is 5.68. The zero-order valence-electron chi connectivity index (χ0n) is 11.6. The molecule has 2 aromatic heterocycles. The number of amides is 1. The number of hydrogen-bond acceptors (Lipinski definition) is 5. The van der Waals surface area contributed by atoms with Crippen LogP contribution < -0.4 is 10.9 Å². The molecule has 2 N–H and O–H groups in total. The Morgan fingerprint density at radius 1 is 1.50 bits per heavy atom. The molecule has 0 unspecified atom stereocenters. The molecule has 0 aliphatic heterocycles. The van der Waals surface area contributed by atoms with Gasteiger partial charge in [-0.25, -0.2) is 9.97 Å². The van der Waals surface area contributed by atoms with Crippen LogP contribution in [0.15, 0.2) is 16.4 Å². The molecule has 0 aliphatic rings. The molecule has 2 aromatic rings. The van der Waals surface area contributed by atoms with Crippen LogP contribution in [0.1, 0.15) is 39.7 Å². The first-order valence-electron chi connectivity index (χ1n) is 6.23. The van der Waals surface area contributed by atoms with E-state index in [1.54, 1.807) is 18.3 Å². The van der Waals surface area contributed by atoms with Crippen LogP contribution in [0.2, 0.25) is 0 Å². The SMILES string of the molecule is Cc1csc([C@H](C)CNC(=O)c2cnc(C)[nH]c2=O)n1. The van der Waals surface area contributed by atoms with Gasteiger partial charge in [0.05, 0.1) is 5.01 Å². The van der Waals surface area contributed by atoms with E-state index < -0.39 is 11.5 Å². The Bertz CT molecular complexity index is 677. The fraction of sp³-hybridized carbons (Fsp3) is 0.385. The minimum absolute atomic E-state index is 0.0260. The molecule has 0 aromatic carbocycles. The van der Waals surface area contributed by atoms with Crippen LogP contribution in [0.3, 0.4) is 0 Å². The molecular weight excluding hydrogens is 276 g/mol.